The zero-order valence-electron chi connectivity index (χ0n) is 11.3. The summed E-state index contributed by atoms with van der Waals surface area (Å²) in [5, 5.41) is 11.5. The topological polar surface area (TPSA) is 68.0 Å². The molecule has 0 amide bonds. The molecule has 0 aliphatic carbocycles. The van der Waals surface area contributed by atoms with Crippen molar-refractivity contribution >= 4 is 27.4 Å². The highest BCUT2D eigenvalue weighted by Crippen LogP contribution is 2.18. The van der Waals surface area contributed by atoms with Gasteiger partial charge in [-0.3, -0.25) is 14.4 Å². The van der Waals surface area contributed by atoms with Crippen LogP contribution < -0.4 is 10.9 Å². The van der Waals surface area contributed by atoms with Gasteiger partial charge in [0.2, 0.25) is 0 Å². The van der Waals surface area contributed by atoms with Gasteiger partial charge >= 0.3 is 0 Å². The Bertz CT molecular complexity index is 706. The van der Waals surface area contributed by atoms with Crippen LogP contribution in [0.15, 0.2) is 21.5 Å². The van der Waals surface area contributed by atoms with Crippen LogP contribution in [0.2, 0.25) is 0 Å². The van der Waals surface area contributed by atoms with Crippen LogP contribution in [-0.4, -0.2) is 38.1 Å². The second kappa shape index (κ2) is 5.02. The smallest absolute Gasteiger partial charge is 0.290 e. The number of nitrogens with zero attached hydrogens (tertiary/aromatic N) is 5. The molecule has 2 aromatic rings. The highest BCUT2D eigenvalue weighted by Gasteiger charge is 2.16. The summed E-state index contributed by atoms with van der Waals surface area (Å²) in [6.45, 7) is 2.72. The largest absolute Gasteiger partial charge is 0.334 e. The van der Waals surface area contributed by atoms with Crippen molar-refractivity contribution in [3.8, 4) is 0 Å². The van der Waals surface area contributed by atoms with Crippen LogP contribution in [0, 0.1) is 0 Å². The molecule has 7 nitrogen and oxygen atoms in total. The van der Waals surface area contributed by atoms with E-state index in [0.29, 0.717) is 16.1 Å². The fourth-order valence-electron chi connectivity index (χ4n) is 2.26. The second-order valence-electron chi connectivity index (χ2n) is 4.92. The molecule has 0 spiro atoms. The Morgan fingerprint density at radius 3 is 2.85 bits per heavy atom. The molecule has 1 N–H and O–H groups in total. The molecule has 20 heavy (non-hydrogen) atoms. The number of rotatable bonds is 2. The molecule has 0 saturated heterocycles. The van der Waals surface area contributed by atoms with E-state index in [-0.39, 0.29) is 5.56 Å². The minimum absolute atomic E-state index is 0.184. The van der Waals surface area contributed by atoms with Crippen LogP contribution in [-0.2, 0) is 20.1 Å². The normalized spacial score (nSPS) is 15.2. The quantitative estimate of drug-likeness (QED) is 0.882. The molecule has 3 rings (SSSR count). The average molecular weight is 339 g/mol. The Hall–Kier alpha value is -1.67. The number of halogens is 1. The monoisotopic (exact) mass is 338 g/mol. The van der Waals surface area contributed by atoms with Gasteiger partial charge in [-0.15, -0.1) is 0 Å². The highest BCUT2D eigenvalue weighted by atomic mass is 79.9. The SMILES string of the molecule is CN1CCn2nc(Nc3cc(Br)nn(C)c3=O)cc2C1. The van der Waals surface area contributed by atoms with Crippen LogP contribution in [0.3, 0.4) is 0 Å². The Balaban J connectivity index is 1.91. The van der Waals surface area contributed by atoms with Gasteiger partial charge in [0.05, 0.1) is 12.2 Å². The standard InChI is InChI=1S/C12H15BrN6O/c1-17-3-4-19-8(7-17)5-11(16-19)14-9-6-10(13)15-18(2)12(9)20/h5-6H,3-4,7H2,1-2H3,(H,14,16). The third-order valence-electron chi connectivity index (χ3n) is 3.28. The maximum atomic E-state index is 12.0. The maximum Gasteiger partial charge on any atom is 0.290 e. The first-order valence-corrected chi connectivity index (χ1v) is 7.08. The number of fused-ring (bicyclic) bond motifs is 1. The summed E-state index contributed by atoms with van der Waals surface area (Å²) < 4.78 is 3.87. The number of anilines is 2. The molecular weight excluding hydrogens is 324 g/mol. The molecule has 1 aliphatic rings. The van der Waals surface area contributed by atoms with Crippen molar-refractivity contribution in [2.24, 2.45) is 7.05 Å². The Morgan fingerprint density at radius 1 is 1.25 bits per heavy atom. The molecule has 0 unspecified atom stereocenters. The summed E-state index contributed by atoms with van der Waals surface area (Å²) >= 11 is 3.28. The summed E-state index contributed by atoms with van der Waals surface area (Å²) in [4.78, 5) is 14.2. The number of hydrogen-bond donors (Lipinski definition) is 1. The van der Waals surface area contributed by atoms with Gasteiger partial charge in [0.25, 0.3) is 5.56 Å². The number of aryl methyl sites for hydroxylation is 1. The molecule has 0 radical (unpaired) electrons. The van der Waals surface area contributed by atoms with Crippen molar-refractivity contribution in [2.75, 3.05) is 18.9 Å². The molecule has 1 aliphatic heterocycles. The minimum Gasteiger partial charge on any atom is -0.334 e. The van der Waals surface area contributed by atoms with E-state index < -0.39 is 0 Å². The van der Waals surface area contributed by atoms with Crippen molar-refractivity contribution in [1.29, 1.82) is 0 Å². The van der Waals surface area contributed by atoms with Gasteiger partial charge < -0.3 is 5.32 Å². The first-order valence-electron chi connectivity index (χ1n) is 6.29. The number of aromatic nitrogens is 4. The van der Waals surface area contributed by atoms with Crippen molar-refractivity contribution in [2.45, 2.75) is 13.1 Å². The van der Waals surface area contributed by atoms with E-state index in [4.69, 9.17) is 0 Å². The average Bonchev–Trinajstić information content (AvgIpc) is 2.76. The van der Waals surface area contributed by atoms with Gasteiger partial charge in [-0.1, -0.05) is 0 Å². The predicted molar refractivity (Wildman–Crippen MR) is 79.0 cm³/mol. The zero-order valence-corrected chi connectivity index (χ0v) is 12.9. The molecule has 2 aromatic heterocycles. The molecule has 0 fully saturated rings. The van der Waals surface area contributed by atoms with Crippen molar-refractivity contribution in [1.82, 2.24) is 24.5 Å². The molecule has 0 aromatic carbocycles. The van der Waals surface area contributed by atoms with E-state index in [9.17, 15) is 4.79 Å². The third-order valence-corrected chi connectivity index (χ3v) is 3.67. The van der Waals surface area contributed by atoms with E-state index in [1.165, 1.54) is 4.68 Å². The summed E-state index contributed by atoms with van der Waals surface area (Å²) in [7, 11) is 3.70. The number of hydrogen-bond acceptors (Lipinski definition) is 5. The van der Waals surface area contributed by atoms with Crippen molar-refractivity contribution < 1.29 is 0 Å². The first kappa shape index (κ1) is 13.3. The lowest BCUT2D eigenvalue weighted by Crippen LogP contribution is -2.30. The van der Waals surface area contributed by atoms with Gasteiger partial charge in [0.1, 0.15) is 10.3 Å². The Kier molecular flexibility index (Phi) is 3.35. The summed E-state index contributed by atoms with van der Waals surface area (Å²) in [6.07, 6.45) is 0. The molecule has 0 bridgehead atoms. The summed E-state index contributed by atoms with van der Waals surface area (Å²) in [5.41, 5.74) is 1.42. The molecule has 0 saturated carbocycles. The van der Waals surface area contributed by atoms with Crippen LogP contribution in [0.1, 0.15) is 5.69 Å². The Morgan fingerprint density at radius 2 is 2.05 bits per heavy atom. The van der Waals surface area contributed by atoms with E-state index in [1.54, 1.807) is 13.1 Å². The van der Waals surface area contributed by atoms with E-state index >= 15 is 0 Å². The second-order valence-corrected chi connectivity index (χ2v) is 5.73. The number of likely N-dealkylation sites (N-methyl/N-ethyl adjacent to an activating group) is 1. The van der Waals surface area contributed by atoms with Gasteiger partial charge in [0.15, 0.2) is 5.82 Å². The summed E-state index contributed by atoms with van der Waals surface area (Å²) in [6, 6.07) is 3.64. The summed E-state index contributed by atoms with van der Waals surface area (Å²) in [5.74, 6) is 0.686. The zero-order chi connectivity index (χ0) is 14.3. The van der Waals surface area contributed by atoms with Gasteiger partial charge in [-0.25, -0.2) is 4.68 Å². The molecule has 106 valence electrons. The van der Waals surface area contributed by atoms with E-state index in [0.717, 1.165) is 25.3 Å². The minimum atomic E-state index is -0.184. The van der Waals surface area contributed by atoms with Crippen molar-refractivity contribution in [3.05, 3.63) is 32.8 Å². The van der Waals surface area contributed by atoms with Gasteiger partial charge in [0, 0.05) is 32.3 Å². The molecule has 0 atom stereocenters. The van der Waals surface area contributed by atoms with Gasteiger partial charge in [-0.2, -0.15) is 10.2 Å². The predicted octanol–water partition coefficient (Wildman–Crippen LogP) is 0.928. The maximum absolute atomic E-state index is 12.0. The van der Waals surface area contributed by atoms with Crippen LogP contribution in [0.5, 0.6) is 0 Å². The van der Waals surface area contributed by atoms with Gasteiger partial charge in [-0.05, 0) is 23.0 Å². The lowest BCUT2D eigenvalue weighted by Gasteiger charge is -2.22. The van der Waals surface area contributed by atoms with Crippen molar-refractivity contribution in [3.63, 3.8) is 0 Å². The lowest BCUT2D eigenvalue weighted by atomic mass is 10.3. The van der Waals surface area contributed by atoms with E-state index in [1.807, 2.05) is 10.7 Å². The molecular formula is C12H15BrN6O. The van der Waals surface area contributed by atoms with Crippen LogP contribution >= 0.6 is 15.9 Å². The fourth-order valence-corrected chi connectivity index (χ4v) is 2.73. The van der Waals surface area contributed by atoms with E-state index in [2.05, 4.69) is 43.4 Å². The van der Waals surface area contributed by atoms with Crippen LogP contribution in [0.4, 0.5) is 11.5 Å². The molecule has 3 heterocycles. The molecule has 8 heteroatoms. The third kappa shape index (κ3) is 2.48. The lowest BCUT2D eigenvalue weighted by molar-refractivity contribution is 0.259. The Labute approximate surface area is 124 Å². The number of nitrogens with one attached hydrogen (secondary N) is 1. The first-order chi connectivity index (χ1) is 9.52. The fraction of sp³-hybridized carbons (Fsp3) is 0.417. The highest BCUT2D eigenvalue weighted by molar-refractivity contribution is 9.10. The van der Waals surface area contributed by atoms with Crippen LogP contribution in [0.25, 0.3) is 0 Å².